The first-order chi connectivity index (χ1) is 9.93. The average molecular weight is 298 g/mol. The fraction of sp³-hybridized carbons (Fsp3) is 0.500. The van der Waals surface area contributed by atoms with Crippen molar-refractivity contribution in [3.63, 3.8) is 0 Å². The molecular formula is C12H13F3N6. The number of aryl methyl sites for hydroxylation is 2. The number of hydrogen-bond acceptors (Lipinski definition) is 5. The monoisotopic (exact) mass is 298 g/mol. The van der Waals surface area contributed by atoms with Gasteiger partial charge in [-0.2, -0.15) is 13.2 Å². The predicted octanol–water partition coefficient (Wildman–Crippen LogP) is 1.82. The van der Waals surface area contributed by atoms with E-state index < -0.39 is 11.9 Å². The fourth-order valence-corrected chi connectivity index (χ4v) is 2.35. The molecule has 21 heavy (non-hydrogen) atoms. The zero-order valence-corrected chi connectivity index (χ0v) is 11.2. The van der Waals surface area contributed by atoms with Crippen molar-refractivity contribution in [1.82, 2.24) is 24.7 Å². The maximum absolute atomic E-state index is 12.6. The Morgan fingerprint density at radius 3 is 2.90 bits per heavy atom. The van der Waals surface area contributed by atoms with Gasteiger partial charge >= 0.3 is 6.18 Å². The van der Waals surface area contributed by atoms with E-state index in [2.05, 4.69) is 25.5 Å². The number of nitrogens with one attached hydrogen (secondary N) is 1. The maximum Gasteiger partial charge on any atom is 0.433 e. The van der Waals surface area contributed by atoms with Gasteiger partial charge in [0.2, 0.25) is 5.95 Å². The van der Waals surface area contributed by atoms with Crippen LogP contribution in [0.1, 0.15) is 23.8 Å². The smallest absolute Gasteiger partial charge is 0.350 e. The SMILES string of the molecule is Cc1nnc2n1C[C@H](Nc1nccc(C(F)(F)F)n1)CC2. The minimum atomic E-state index is -4.47. The molecule has 1 aliphatic heterocycles. The Hall–Kier alpha value is -2.19. The van der Waals surface area contributed by atoms with Crippen LogP contribution in [0.4, 0.5) is 19.1 Å². The van der Waals surface area contributed by atoms with E-state index in [4.69, 9.17) is 0 Å². The maximum atomic E-state index is 12.6. The van der Waals surface area contributed by atoms with E-state index >= 15 is 0 Å². The number of alkyl halides is 3. The van der Waals surface area contributed by atoms with E-state index in [1.165, 1.54) is 0 Å². The summed E-state index contributed by atoms with van der Waals surface area (Å²) in [6.45, 7) is 2.44. The second kappa shape index (κ2) is 4.97. The third-order valence-corrected chi connectivity index (χ3v) is 3.41. The van der Waals surface area contributed by atoms with Gasteiger partial charge in [0.15, 0.2) is 0 Å². The molecule has 1 N–H and O–H groups in total. The van der Waals surface area contributed by atoms with Crippen molar-refractivity contribution >= 4 is 5.95 Å². The third-order valence-electron chi connectivity index (χ3n) is 3.41. The van der Waals surface area contributed by atoms with E-state index in [0.29, 0.717) is 6.54 Å². The minimum absolute atomic E-state index is 0.0102. The molecule has 0 fully saturated rings. The van der Waals surface area contributed by atoms with Crippen LogP contribution < -0.4 is 5.32 Å². The molecule has 0 aliphatic carbocycles. The second-order valence-corrected chi connectivity index (χ2v) is 4.92. The Balaban J connectivity index is 1.75. The van der Waals surface area contributed by atoms with Crippen LogP contribution in [-0.2, 0) is 19.1 Å². The Bertz CT molecular complexity index is 651. The number of hydrogen-bond donors (Lipinski definition) is 1. The summed E-state index contributed by atoms with van der Waals surface area (Å²) in [5, 5.41) is 11.0. The molecule has 0 aromatic carbocycles. The Morgan fingerprint density at radius 1 is 1.33 bits per heavy atom. The molecule has 2 aromatic rings. The van der Waals surface area contributed by atoms with Gasteiger partial charge in [-0.15, -0.1) is 10.2 Å². The number of fused-ring (bicyclic) bond motifs is 1. The number of nitrogens with zero attached hydrogens (tertiary/aromatic N) is 5. The zero-order valence-electron chi connectivity index (χ0n) is 11.2. The number of halogens is 3. The second-order valence-electron chi connectivity index (χ2n) is 4.92. The van der Waals surface area contributed by atoms with Crippen LogP contribution in [0, 0.1) is 6.92 Å². The standard InChI is InChI=1S/C12H13F3N6/c1-7-19-20-10-3-2-8(6-21(7)10)17-11-16-5-4-9(18-11)12(13,14)15/h4-5,8H,2-3,6H2,1H3,(H,16,17,18)/t8-/m1/s1. The lowest BCUT2D eigenvalue weighted by atomic mass is 10.1. The molecule has 9 heteroatoms. The van der Waals surface area contributed by atoms with Crippen molar-refractivity contribution in [3.8, 4) is 0 Å². The van der Waals surface area contributed by atoms with E-state index in [0.717, 1.165) is 36.8 Å². The first kappa shape index (κ1) is 13.8. The summed E-state index contributed by atoms with van der Waals surface area (Å²) in [7, 11) is 0. The van der Waals surface area contributed by atoms with Crippen LogP contribution in [-0.4, -0.2) is 30.8 Å². The lowest BCUT2D eigenvalue weighted by Gasteiger charge is -2.25. The summed E-state index contributed by atoms with van der Waals surface area (Å²) in [5.41, 5.74) is -0.947. The molecule has 0 amide bonds. The van der Waals surface area contributed by atoms with E-state index in [1.807, 2.05) is 11.5 Å². The van der Waals surface area contributed by atoms with Gasteiger partial charge in [0.1, 0.15) is 17.3 Å². The van der Waals surface area contributed by atoms with Crippen LogP contribution in [0.2, 0.25) is 0 Å². The molecule has 6 nitrogen and oxygen atoms in total. The van der Waals surface area contributed by atoms with E-state index in [-0.39, 0.29) is 12.0 Å². The molecule has 0 unspecified atom stereocenters. The van der Waals surface area contributed by atoms with Crippen LogP contribution in [0.25, 0.3) is 0 Å². The topological polar surface area (TPSA) is 68.5 Å². The molecule has 2 aromatic heterocycles. The normalized spacial score (nSPS) is 18.4. The van der Waals surface area contributed by atoms with Crippen LogP contribution in [0.5, 0.6) is 0 Å². The quantitative estimate of drug-likeness (QED) is 0.916. The van der Waals surface area contributed by atoms with Crippen molar-refractivity contribution in [2.45, 2.75) is 38.5 Å². The van der Waals surface area contributed by atoms with Gasteiger partial charge in [-0.1, -0.05) is 0 Å². The van der Waals surface area contributed by atoms with Crippen molar-refractivity contribution in [2.75, 3.05) is 5.32 Å². The Morgan fingerprint density at radius 2 is 2.14 bits per heavy atom. The van der Waals surface area contributed by atoms with Gasteiger partial charge < -0.3 is 9.88 Å². The van der Waals surface area contributed by atoms with Gasteiger partial charge in [0, 0.05) is 25.2 Å². The summed E-state index contributed by atoms with van der Waals surface area (Å²) < 4.78 is 39.8. The van der Waals surface area contributed by atoms with Crippen molar-refractivity contribution in [3.05, 3.63) is 29.6 Å². The van der Waals surface area contributed by atoms with Gasteiger partial charge in [-0.05, 0) is 19.4 Å². The van der Waals surface area contributed by atoms with Gasteiger partial charge in [-0.3, -0.25) is 0 Å². The molecule has 3 rings (SSSR count). The highest BCUT2D eigenvalue weighted by atomic mass is 19.4. The highest BCUT2D eigenvalue weighted by Crippen LogP contribution is 2.27. The molecule has 1 aliphatic rings. The first-order valence-corrected chi connectivity index (χ1v) is 6.49. The van der Waals surface area contributed by atoms with Gasteiger partial charge in [0.25, 0.3) is 0 Å². The predicted molar refractivity (Wildman–Crippen MR) is 67.5 cm³/mol. The van der Waals surface area contributed by atoms with Crippen molar-refractivity contribution < 1.29 is 13.2 Å². The minimum Gasteiger partial charge on any atom is -0.350 e. The summed E-state index contributed by atoms with van der Waals surface area (Å²) in [6.07, 6.45) is -1.89. The molecule has 3 heterocycles. The lowest BCUT2D eigenvalue weighted by molar-refractivity contribution is -0.141. The lowest BCUT2D eigenvalue weighted by Crippen LogP contribution is -2.32. The third kappa shape index (κ3) is 2.81. The fourth-order valence-electron chi connectivity index (χ4n) is 2.35. The number of rotatable bonds is 2. The van der Waals surface area contributed by atoms with Crippen molar-refractivity contribution in [1.29, 1.82) is 0 Å². The highest BCUT2D eigenvalue weighted by Gasteiger charge is 2.33. The van der Waals surface area contributed by atoms with Gasteiger partial charge in [-0.25, -0.2) is 9.97 Å². The molecule has 0 radical (unpaired) electrons. The summed E-state index contributed by atoms with van der Waals surface area (Å²) in [6, 6.07) is 0.810. The van der Waals surface area contributed by atoms with Crippen LogP contribution in [0.15, 0.2) is 12.3 Å². The molecule has 0 bridgehead atoms. The number of aromatic nitrogens is 5. The Labute approximate surface area is 118 Å². The summed E-state index contributed by atoms with van der Waals surface area (Å²) >= 11 is 0. The van der Waals surface area contributed by atoms with Crippen molar-refractivity contribution in [2.24, 2.45) is 0 Å². The Kier molecular flexibility index (Phi) is 3.26. The molecule has 0 saturated carbocycles. The van der Waals surface area contributed by atoms with Gasteiger partial charge in [0.05, 0.1) is 0 Å². The van der Waals surface area contributed by atoms with E-state index in [9.17, 15) is 13.2 Å². The highest BCUT2D eigenvalue weighted by molar-refractivity contribution is 5.28. The van der Waals surface area contributed by atoms with E-state index in [1.54, 1.807) is 0 Å². The molecule has 0 spiro atoms. The summed E-state index contributed by atoms with van der Waals surface area (Å²) in [5.74, 6) is 1.68. The van der Waals surface area contributed by atoms with Crippen LogP contribution in [0.3, 0.4) is 0 Å². The van der Waals surface area contributed by atoms with Crippen LogP contribution >= 0.6 is 0 Å². The molecular weight excluding hydrogens is 285 g/mol. The average Bonchev–Trinajstić information content (AvgIpc) is 2.80. The summed E-state index contributed by atoms with van der Waals surface area (Å²) in [4.78, 5) is 7.37. The number of anilines is 1. The first-order valence-electron chi connectivity index (χ1n) is 6.49. The molecule has 0 saturated heterocycles. The molecule has 1 atom stereocenters. The molecule has 112 valence electrons. The largest absolute Gasteiger partial charge is 0.433 e. The zero-order chi connectivity index (χ0) is 15.0.